The zero-order valence-corrected chi connectivity index (χ0v) is 10.4. The van der Waals surface area contributed by atoms with Gasteiger partial charge in [0, 0.05) is 17.3 Å². The summed E-state index contributed by atoms with van der Waals surface area (Å²) in [5.41, 5.74) is 1.49. The van der Waals surface area contributed by atoms with Crippen molar-refractivity contribution in [3.8, 4) is 0 Å². The highest BCUT2D eigenvalue weighted by atomic mass is 16.6. The third-order valence-electron chi connectivity index (χ3n) is 2.73. The quantitative estimate of drug-likeness (QED) is 0.638. The number of aryl methyl sites for hydroxylation is 1. The number of furan rings is 1. The third-order valence-corrected chi connectivity index (χ3v) is 2.73. The Morgan fingerprint density at radius 3 is 2.63 bits per heavy atom. The van der Waals surface area contributed by atoms with E-state index in [1.54, 1.807) is 31.2 Å². The van der Waals surface area contributed by atoms with Crippen LogP contribution in [0.4, 0.5) is 11.4 Å². The Hall–Kier alpha value is -2.34. The van der Waals surface area contributed by atoms with Crippen LogP contribution in [0.1, 0.15) is 17.1 Å². The Labute approximate surface area is 109 Å². The Morgan fingerprint density at radius 2 is 2.05 bits per heavy atom. The summed E-state index contributed by atoms with van der Waals surface area (Å²) >= 11 is 0. The van der Waals surface area contributed by atoms with Crippen molar-refractivity contribution in [2.75, 3.05) is 5.32 Å². The van der Waals surface area contributed by atoms with Crippen LogP contribution in [-0.4, -0.2) is 10.0 Å². The summed E-state index contributed by atoms with van der Waals surface area (Å²) < 4.78 is 5.33. The van der Waals surface area contributed by atoms with Gasteiger partial charge in [0.1, 0.15) is 18.1 Å². The molecule has 0 atom stereocenters. The molecule has 0 saturated heterocycles. The van der Waals surface area contributed by atoms with Crippen molar-refractivity contribution >= 4 is 11.4 Å². The summed E-state index contributed by atoms with van der Waals surface area (Å²) in [7, 11) is 0. The normalized spacial score (nSPS) is 10.4. The molecule has 1 heterocycles. The molecule has 0 bridgehead atoms. The molecule has 1 aromatic carbocycles. The maximum atomic E-state index is 10.7. The molecule has 6 nitrogen and oxygen atoms in total. The van der Waals surface area contributed by atoms with Gasteiger partial charge in [-0.25, -0.2) is 0 Å². The first kappa shape index (κ1) is 13.1. The number of hydrogen-bond donors (Lipinski definition) is 2. The maximum absolute atomic E-state index is 10.7. The van der Waals surface area contributed by atoms with Crippen molar-refractivity contribution in [1.82, 2.24) is 0 Å². The van der Waals surface area contributed by atoms with Gasteiger partial charge in [0.05, 0.1) is 11.5 Å². The van der Waals surface area contributed by atoms with E-state index in [2.05, 4.69) is 5.32 Å². The number of aliphatic hydroxyl groups is 1. The molecule has 6 heteroatoms. The standard InChI is InChI=1S/C13H14N2O4/c1-9-6-10(2-5-13(9)15(17)18)14-7-11-3-4-12(8-16)19-11/h2-6,14,16H,7-8H2,1H3. The minimum absolute atomic E-state index is 0.103. The van der Waals surface area contributed by atoms with Crippen LogP contribution in [0.5, 0.6) is 0 Å². The number of anilines is 1. The molecule has 1 aromatic heterocycles. The second-order valence-corrected chi connectivity index (χ2v) is 4.14. The van der Waals surface area contributed by atoms with Crippen LogP contribution in [0.2, 0.25) is 0 Å². The molecule has 0 aliphatic rings. The van der Waals surface area contributed by atoms with Gasteiger partial charge < -0.3 is 14.8 Å². The van der Waals surface area contributed by atoms with Crippen LogP contribution in [0.3, 0.4) is 0 Å². The summed E-state index contributed by atoms with van der Waals surface area (Å²) in [6.07, 6.45) is 0. The van der Waals surface area contributed by atoms with Gasteiger partial charge in [-0.2, -0.15) is 0 Å². The molecule has 0 aliphatic carbocycles. The van der Waals surface area contributed by atoms with E-state index >= 15 is 0 Å². The second kappa shape index (κ2) is 5.53. The summed E-state index contributed by atoms with van der Waals surface area (Å²) in [5, 5.41) is 22.7. The van der Waals surface area contributed by atoms with E-state index < -0.39 is 4.92 Å². The first-order valence-electron chi connectivity index (χ1n) is 5.77. The van der Waals surface area contributed by atoms with Crippen LogP contribution < -0.4 is 5.32 Å². The van der Waals surface area contributed by atoms with Gasteiger partial charge in [0.25, 0.3) is 5.69 Å². The summed E-state index contributed by atoms with van der Waals surface area (Å²) in [6, 6.07) is 8.32. The van der Waals surface area contributed by atoms with Gasteiger partial charge in [-0.1, -0.05) is 0 Å². The van der Waals surface area contributed by atoms with Crippen LogP contribution in [0, 0.1) is 17.0 Å². The van der Waals surface area contributed by atoms with Gasteiger partial charge in [-0.3, -0.25) is 10.1 Å². The van der Waals surface area contributed by atoms with Crippen molar-refractivity contribution in [3.63, 3.8) is 0 Å². The predicted molar refractivity (Wildman–Crippen MR) is 69.8 cm³/mol. The molecular weight excluding hydrogens is 248 g/mol. The van der Waals surface area contributed by atoms with Gasteiger partial charge in [-0.05, 0) is 31.2 Å². The van der Waals surface area contributed by atoms with Gasteiger partial charge in [0.15, 0.2) is 0 Å². The number of nitro groups is 1. The minimum atomic E-state index is -0.404. The van der Waals surface area contributed by atoms with E-state index in [-0.39, 0.29) is 12.3 Å². The van der Waals surface area contributed by atoms with E-state index in [1.165, 1.54) is 6.07 Å². The minimum Gasteiger partial charge on any atom is -0.462 e. The highest BCUT2D eigenvalue weighted by Crippen LogP contribution is 2.22. The molecule has 2 N–H and O–H groups in total. The van der Waals surface area contributed by atoms with E-state index in [0.717, 1.165) is 5.69 Å². The molecule has 0 fully saturated rings. The smallest absolute Gasteiger partial charge is 0.272 e. The number of benzene rings is 1. The average molecular weight is 262 g/mol. The summed E-state index contributed by atoms with van der Waals surface area (Å²) in [5.74, 6) is 1.21. The monoisotopic (exact) mass is 262 g/mol. The number of hydrogen-bond acceptors (Lipinski definition) is 5. The molecule has 19 heavy (non-hydrogen) atoms. The molecule has 0 unspecified atom stereocenters. The van der Waals surface area contributed by atoms with E-state index in [9.17, 15) is 10.1 Å². The van der Waals surface area contributed by atoms with Crippen LogP contribution in [-0.2, 0) is 13.2 Å². The highest BCUT2D eigenvalue weighted by Gasteiger charge is 2.10. The Kier molecular flexibility index (Phi) is 3.82. The van der Waals surface area contributed by atoms with Crippen molar-refractivity contribution in [1.29, 1.82) is 0 Å². The van der Waals surface area contributed by atoms with Crippen LogP contribution in [0.15, 0.2) is 34.7 Å². The lowest BCUT2D eigenvalue weighted by Crippen LogP contribution is -1.99. The fraction of sp³-hybridized carbons (Fsp3) is 0.231. The van der Waals surface area contributed by atoms with E-state index in [4.69, 9.17) is 9.52 Å². The molecule has 2 rings (SSSR count). The lowest BCUT2D eigenvalue weighted by atomic mass is 10.2. The van der Waals surface area contributed by atoms with Crippen molar-refractivity contribution in [2.24, 2.45) is 0 Å². The maximum Gasteiger partial charge on any atom is 0.272 e. The van der Waals surface area contributed by atoms with Gasteiger partial charge >= 0.3 is 0 Å². The van der Waals surface area contributed by atoms with Crippen LogP contribution >= 0.6 is 0 Å². The zero-order chi connectivity index (χ0) is 13.8. The average Bonchev–Trinajstić information content (AvgIpc) is 2.84. The second-order valence-electron chi connectivity index (χ2n) is 4.14. The molecular formula is C13H14N2O4. The predicted octanol–water partition coefficient (Wildman–Crippen LogP) is 2.60. The fourth-order valence-electron chi connectivity index (χ4n) is 1.76. The number of nitrogens with zero attached hydrogens (tertiary/aromatic N) is 1. The van der Waals surface area contributed by atoms with E-state index in [1.807, 2.05) is 0 Å². The van der Waals surface area contributed by atoms with Crippen molar-refractivity contribution < 1.29 is 14.4 Å². The lowest BCUT2D eigenvalue weighted by molar-refractivity contribution is -0.385. The summed E-state index contributed by atoms with van der Waals surface area (Å²) in [4.78, 5) is 10.3. The van der Waals surface area contributed by atoms with E-state index in [0.29, 0.717) is 23.6 Å². The third kappa shape index (κ3) is 3.11. The fourth-order valence-corrected chi connectivity index (χ4v) is 1.76. The Morgan fingerprint density at radius 1 is 1.32 bits per heavy atom. The number of nitro benzene ring substituents is 1. The molecule has 100 valence electrons. The summed E-state index contributed by atoms with van der Waals surface area (Å²) in [6.45, 7) is 2.02. The molecule has 0 amide bonds. The van der Waals surface area contributed by atoms with Crippen molar-refractivity contribution in [3.05, 3.63) is 57.5 Å². The Bertz CT molecular complexity index is 592. The number of rotatable bonds is 5. The van der Waals surface area contributed by atoms with Crippen molar-refractivity contribution in [2.45, 2.75) is 20.1 Å². The SMILES string of the molecule is Cc1cc(NCc2ccc(CO)o2)ccc1[N+](=O)[O-]. The Balaban J connectivity index is 2.03. The topological polar surface area (TPSA) is 88.5 Å². The molecule has 0 spiro atoms. The molecule has 0 radical (unpaired) electrons. The van der Waals surface area contributed by atoms with Gasteiger partial charge in [-0.15, -0.1) is 0 Å². The largest absolute Gasteiger partial charge is 0.462 e. The number of aliphatic hydroxyl groups excluding tert-OH is 1. The first-order valence-corrected chi connectivity index (χ1v) is 5.77. The lowest BCUT2D eigenvalue weighted by Gasteiger charge is -2.05. The number of nitrogens with one attached hydrogen (secondary N) is 1. The van der Waals surface area contributed by atoms with Crippen LogP contribution in [0.25, 0.3) is 0 Å². The zero-order valence-electron chi connectivity index (χ0n) is 10.4. The highest BCUT2D eigenvalue weighted by molar-refractivity contribution is 5.53. The first-order chi connectivity index (χ1) is 9.10. The van der Waals surface area contributed by atoms with Gasteiger partial charge in [0.2, 0.25) is 0 Å². The molecule has 0 aliphatic heterocycles. The molecule has 0 saturated carbocycles. The molecule has 2 aromatic rings.